The van der Waals surface area contributed by atoms with Gasteiger partial charge in [0.2, 0.25) is 0 Å². The van der Waals surface area contributed by atoms with Crippen LogP contribution in [0.1, 0.15) is 30.6 Å². The molecule has 0 aliphatic rings. The number of carbonyl (C=O) groups excluding carboxylic acids is 1. The minimum atomic E-state index is -0.308. The topological polar surface area (TPSA) is 118 Å². The number of hydrogen-bond donors (Lipinski definition) is 4. The zero-order chi connectivity index (χ0) is 15.9. The third kappa shape index (κ3) is 3.81. The molecule has 22 heavy (non-hydrogen) atoms. The summed E-state index contributed by atoms with van der Waals surface area (Å²) in [6, 6.07) is 3.45. The summed E-state index contributed by atoms with van der Waals surface area (Å²) in [6.07, 6.45) is 5.40. The van der Waals surface area contributed by atoms with Gasteiger partial charge in [-0.3, -0.25) is 20.6 Å². The van der Waals surface area contributed by atoms with Crippen LogP contribution in [0, 0.1) is 0 Å². The monoisotopic (exact) mass is 301 g/mol. The lowest BCUT2D eigenvalue weighted by molar-refractivity contribution is 0.0962. The Morgan fingerprint density at radius 3 is 2.64 bits per heavy atom. The summed E-state index contributed by atoms with van der Waals surface area (Å²) >= 11 is 0. The Morgan fingerprint density at radius 2 is 1.95 bits per heavy atom. The van der Waals surface area contributed by atoms with E-state index in [-0.39, 0.29) is 11.9 Å². The molecule has 0 aliphatic heterocycles. The van der Waals surface area contributed by atoms with Crippen molar-refractivity contribution < 1.29 is 4.79 Å². The van der Waals surface area contributed by atoms with E-state index in [0.717, 1.165) is 6.42 Å². The number of nitrogens with two attached hydrogens (primary N) is 1. The molecule has 5 N–H and O–H groups in total. The average Bonchev–Trinajstić information content (AvgIpc) is 2.56. The second-order valence-electron chi connectivity index (χ2n) is 4.75. The van der Waals surface area contributed by atoms with E-state index in [9.17, 15) is 4.79 Å². The van der Waals surface area contributed by atoms with Gasteiger partial charge >= 0.3 is 0 Å². The standard InChI is InChI=1S/C14H19N7O/c1-3-9(2)19-12-11(15)13(18-8-17-12)20-21-14(22)10-4-6-16-7-5-10/h4-9H,3,15H2,1-2H3,(H,21,22)(H2,17,18,19,20). The molecule has 0 radical (unpaired) electrons. The summed E-state index contributed by atoms with van der Waals surface area (Å²) in [5.74, 6) is 0.560. The van der Waals surface area contributed by atoms with Crippen LogP contribution in [-0.2, 0) is 0 Å². The molecule has 0 aliphatic carbocycles. The molecular formula is C14H19N7O. The Balaban J connectivity index is 2.04. The molecule has 0 bridgehead atoms. The van der Waals surface area contributed by atoms with Crippen molar-refractivity contribution in [1.29, 1.82) is 0 Å². The van der Waals surface area contributed by atoms with E-state index in [1.54, 1.807) is 24.5 Å². The molecule has 2 rings (SSSR count). The molecule has 0 spiro atoms. The number of nitrogen functional groups attached to an aromatic ring is 1. The summed E-state index contributed by atoms with van der Waals surface area (Å²) in [5, 5.41) is 3.18. The molecule has 8 heteroatoms. The van der Waals surface area contributed by atoms with Gasteiger partial charge in [0.25, 0.3) is 5.91 Å². The highest BCUT2D eigenvalue weighted by Crippen LogP contribution is 2.22. The summed E-state index contributed by atoms with van der Waals surface area (Å²) in [6.45, 7) is 4.09. The van der Waals surface area contributed by atoms with Crippen LogP contribution in [0.15, 0.2) is 30.9 Å². The van der Waals surface area contributed by atoms with Crippen molar-refractivity contribution in [2.45, 2.75) is 26.3 Å². The van der Waals surface area contributed by atoms with Gasteiger partial charge in [0.15, 0.2) is 11.6 Å². The maximum atomic E-state index is 11.9. The van der Waals surface area contributed by atoms with Gasteiger partial charge in [-0.05, 0) is 25.5 Å². The molecule has 116 valence electrons. The highest BCUT2D eigenvalue weighted by atomic mass is 16.2. The number of carbonyl (C=O) groups is 1. The largest absolute Gasteiger partial charge is 0.393 e. The zero-order valence-corrected chi connectivity index (χ0v) is 12.5. The van der Waals surface area contributed by atoms with Crippen LogP contribution in [0.3, 0.4) is 0 Å². The molecule has 2 aromatic rings. The Kier molecular flexibility index (Phi) is 5.07. The Morgan fingerprint density at radius 1 is 1.27 bits per heavy atom. The minimum absolute atomic E-state index is 0.233. The van der Waals surface area contributed by atoms with Crippen molar-refractivity contribution in [3.05, 3.63) is 36.4 Å². The van der Waals surface area contributed by atoms with Crippen LogP contribution in [0.25, 0.3) is 0 Å². The van der Waals surface area contributed by atoms with E-state index in [1.807, 2.05) is 6.92 Å². The van der Waals surface area contributed by atoms with Crippen LogP contribution in [0.4, 0.5) is 17.3 Å². The van der Waals surface area contributed by atoms with Crippen molar-refractivity contribution in [2.75, 3.05) is 16.5 Å². The molecule has 2 aromatic heterocycles. The number of nitrogens with zero attached hydrogens (tertiary/aromatic N) is 3. The first kappa shape index (κ1) is 15.5. The maximum absolute atomic E-state index is 11.9. The van der Waals surface area contributed by atoms with Crippen molar-refractivity contribution in [1.82, 2.24) is 20.4 Å². The number of amides is 1. The highest BCUT2D eigenvalue weighted by molar-refractivity contribution is 5.95. The second-order valence-corrected chi connectivity index (χ2v) is 4.75. The van der Waals surface area contributed by atoms with E-state index in [4.69, 9.17) is 5.73 Å². The number of rotatable bonds is 6. The highest BCUT2D eigenvalue weighted by Gasteiger charge is 2.11. The van der Waals surface area contributed by atoms with Gasteiger partial charge in [0, 0.05) is 24.0 Å². The van der Waals surface area contributed by atoms with Crippen molar-refractivity contribution in [3.63, 3.8) is 0 Å². The van der Waals surface area contributed by atoms with Gasteiger partial charge in [0.05, 0.1) is 0 Å². The van der Waals surface area contributed by atoms with Crippen LogP contribution in [-0.4, -0.2) is 26.9 Å². The predicted octanol–water partition coefficient (Wildman–Crippen LogP) is 1.42. The van der Waals surface area contributed by atoms with Crippen molar-refractivity contribution >= 4 is 23.2 Å². The number of nitrogens with one attached hydrogen (secondary N) is 3. The average molecular weight is 301 g/mol. The summed E-state index contributed by atoms with van der Waals surface area (Å²) in [4.78, 5) is 23.9. The molecule has 1 unspecified atom stereocenters. The first-order valence-electron chi connectivity index (χ1n) is 6.95. The number of hydrazine groups is 1. The molecule has 1 amide bonds. The molecule has 1 atom stereocenters. The first-order chi connectivity index (χ1) is 10.6. The molecule has 0 aromatic carbocycles. The SMILES string of the molecule is CCC(C)Nc1ncnc(NNC(=O)c2ccncc2)c1N. The first-order valence-corrected chi connectivity index (χ1v) is 6.95. The van der Waals surface area contributed by atoms with Gasteiger partial charge in [-0.15, -0.1) is 0 Å². The third-order valence-electron chi connectivity index (χ3n) is 3.12. The van der Waals surface area contributed by atoms with Gasteiger partial charge in [-0.1, -0.05) is 6.92 Å². The Hall–Kier alpha value is -2.90. The molecule has 8 nitrogen and oxygen atoms in total. The molecule has 0 saturated heterocycles. The van der Waals surface area contributed by atoms with E-state index in [1.165, 1.54) is 6.33 Å². The fourth-order valence-electron chi connectivity index (χ4n) is 1.64. The van der Waals surface area contributed by atoms with Crippen molar-refractivity contribution in [2.24, 2.45) is 0 Å². The van der Waals surface area contributed by atoms with Gasteiger partial charge in [-0.2, -0.15) is 0 Å². The minimum Gasteiger partial charge on any atom is -0.393 e. The second kappa shape index (κ2) is 7.21. The van der Waals surface area contributed by atoms with Gasteiger partial charge in [-0.25, -0.2) is 9.97 Å². The molecular weight excluding hydrogens is 282 g/mol. The van der Waals surface area contributed by atoms with Crippen LogP contribution in [0.5, 0.6) is 0 Å². The van der Waals surface area contributed by atoms with Crippen LogP contribution in [0.2, 0.25) is 0 Å². The normalized spacial score (nSPS) is 11.5. The lowest BCUT2D eigenvalue weighted by Crippen LogP contribution is -2.30. The smallest absolute Gasteiger partial charge is 0.269 e. The third-order valence-corrected chi connectivity index (χ3v) is 3.12. The summed E-state index contributed by atoms with van der Waals surface area (Å²) in [5.41, 5.74) is 12.1. The quantitative estimate of drug-likeness (QED) is 0.596. The number of pyridine rings is 1. The zero-order valence-electron chi connectivity index (χ0n) is 12.5. The summed E-state index contributed by atoms with van der Waals surface area (Å²) in [7, 11) is 0. The van der Waals surface area contributed by atoms with Crippen LogP contribution < -0.4 is 21.9 Å². The number of hydrogen-bond acceptors (Lipinski definition) is 7. The van der Waals surface area contributed by atoms with Crippen LogP contribution >= 0.6 is 0 Å². The van der Waals surface area contributed by atoms with Crippen molar-refractivity contribution in [3.8, 4) is 0 Å². The maximum Gasteiger partial charge on any atom is 0.269 e. The van der Waals surface area contributed by atoms with Gasteiger partial charge in [0.1, 0.15) is 12.0 Å². The lowest BCUT2D eigenvalue weighted by atomic mass is 10.2. The van der Waals surface area contributed by atoms with E-state index < -0.39 is 0 Å². The Bertz CT molecular complexity index is 632. The predicted molar refractivity (Wildman–Crippen MR) is 85.1 cm³/mol. The fourth-order valence-corrected chi connectivity index (χ4v) is 1.64. The fraction of sp³-hybridized carbons (Fsp3) is 0.286. The van der Waals surface area contributed by atoms with E-state index in [0.29, 0.717) is 22.9 Å². The molecule has 0 fully saturated rings. The molecule has 0 saturated carbocycles. The summed E-state index contributed by atoms with van der Waals surface area (Å²) < 4.78 is 0. The number of aromatic nitrogens is 3. The Labute approximate surface area is 128 Å². The van der Waals surface area contributed by atoms with Gasteiger partial charge < -0.3 is 11.1 Å². The lowest BCUT2D eigenvalue weighted by Gasteiger charge is -2.16. The number of anilines is 3. The van der Waals surface area contributed by atoms with E-state index in [2.05, 4.69) is 38.0 Å². The van der Waals surface area contributed by atoms with E-state index >= 15 is 0 Å². The molecule has 2 heterocycles.